The van der Waals surface area contributed by atoms with E-state index in [0.29, 0.717) is 0 Å². The van der Waals surface area contributed by atoms with E-state index in [2.05, 4.69) is 11.9 Å². The van der Waals surface area contributed by atoms with Gasteiger partial charge in [-0.3, -0.25) is 0 Å². The van der Waals surface area contributed by atoms with Gasteiger partial charge >= 0.3 is 6.09 Å². The van der Waals surface area contributed by atoms with E-state index in [1.165, 1.54) is 0 Å². The minimum Gasteiger partial charge on any atom is -0.444 e. The first-order valence-corrected chi connectivity index (χ1v) is 8.42. The Morgan fingerprint density at radius 2 is 2.05 bits per heavy atom. The van der Waals surface area contributed by atoms with Crippen LogP contribution in [0.3, 0.4) is 0 Å². The average molecular weight is 322 g/mol. The third kappa shape index (κ3) is 5.64. The van der Waals surface area contributed by atoms with Gasteiger partial charge in [-0.05, 0) is 51.6 Å². The number of carbonyl (C=O) groups is 1. The summed E-state index contributed by atoms with van der Waals surface area (Å²) < 4.78 is 5.41. The highest BCUT2D eigenvalue weighted by Gasteiger charge is 2.23. The average Bonchev–Trinajstić information content (AvgIpc) is 2.44. The van der Waals surface area contributed by atoms with Crippen molar-refractivity contribution in [3.05, 3.63) is 41.4 Å². The van der Waals surface area contributed by atoms with Crippen molar-refractivity contribution in [3.63, 3.8) is 0 Å². The predicted molar refractivity (Wildman–Crippen MR) is 95.1 cm³/mol. The van der Waals surface area contributed by atoms with Crippen LogP contribution < -0.4 is 5.32 Å². The first-order valence-electron chi connectivity index (χ1n) is 7.19. The third-order valence-corrected chi connectivity index (χ3v) is 3.76. The maximum atomic E-state index is 12.2. The molecule has 0 aromatic heterocycles. The molecule has 4 nitrogen and oxygen atoms in total. The number of hydrogen-bond acceptors (Lipinski definition) is 4. The molecule has 1 atom stereocenters. The van der Waals surface area contributed by atoms with Gasteiger partial charge in [-0.2, -0.15) is 0 Å². The number of rotatable bonds is 5. The smallest absolute Gasteiger partial charge is 0.410 e. The maximum absolute atomic E-state index is 12.2. The second-order valence-corrected chi connectivity index (χ2v) is 7.05. The molecule has 0 saturated carbocycles. The molecule has 0 bridgehead atoms. The van der Waals surface area contributed by atoms with Gasteiger partial charge in [-0.25, -0.2) is 4.79 Å². The van der Waals surface area contributed by atoms with Crippen LogP contribution >= 0.6 is 11.8 Å². The lowest BCUT2D eigenvalue weighted by Gasteiger charge is -2.29. The van der Waals surface area contributed by atoms with E-state index >= 15 is 0 Å². The molecule has 0 aliphatic rings. The van der Waals surface area contributed by atoms with Crippen molar-refractivity contribution in [2.24, 2.45) is 0 Å². The van der Waals surface area contributed by atoms with E-state index in [1.54, 1.807) is 23.7 Å². The van der Waals surface area contributed by atoms with Crippen LogP contribution in [0.5, 0.6) is 0 Å². The number of nitrogens with one attached hydrogen (secondary N) is 1. The van der Waals surface area contributed by atoms with Crippen LogP contribution in [0.1, 0.15) is 39.3 Å². The molecule has 5 heteroatoms. The maximum Gasteiger partial charge on any atom is 0.410 e. The fraction of sp³-hybridized carbons (Fsp3) is 0.471. The van der Waals surface area contributed by atoms with E-state index in [1.807, 2.05) is 58.2 Å². The van der Waals surface area contributed by atoms with Gasteiger partial charge in [-0.1, -0.05) is 18.7 Å². The molecule has 0 aliphatic heterocycles. The fourth-order valence-corrected chi connectivity index (χ4v) is 2.02. The van der Waals surface area contributed by atoms with Crippen molar-refractivity contribution in [1.29, 1.82) is 0 Å². The van der Waals surface area contributed by atoms with E-state index in [4.69, 9.17) is 4.74 Å². The summed E-state index contributed by atoms with van der Waals surface area (Å²) in [6.45, 7) is 11.5. The number of ether oxygens (including phenoxy) is 1. The Morgan fingerprint density at radius 1 is 1.41 bits per heavy atom. The van der Waals surface area contributed by atoms with Gasteiger partial charge in [0.15, 0.2) is 0 Å². The number of nitrogens with zero attached hydrogens (tertiary/aromatic N) is 1. The lowest BCUT2D eigenvalue weighted by atomic mass is 10.1. The Labute approximate surface area is 137 Å². The molecule has 1 N–H and O–H groups in total. The molecule has 0 radical (unpaired) electrons. The highest BCUT2D eigenvalue weighted by molar-refractivity contribution is 8.02. The quantitative estimate of drug-likeness (QED) is 0.840. The van der Waals surface area contributed by atoms with Gasteiger partial charge in [0, 0.05) is 12.7 Å². The zero-order valence-corrected chi connectivity index (χ0v) is 15.1. The molecule has 0 spiro atoms. The summed E-state index contributed by atoms with van der Waals surface area (Å²) in [6, 6.07) is 7.88. The summed E-state index contributed by atoms with van der Waals surface area (Å²) in [5.41, 5.74) is 1.50. The Hall–Kier alpha value is -1.62. The fourth-order valence-electron chi connectivity index (χ4n) is 1.80. The summed E-state index contributed by atoms with van der Waals surface area (Å²) in [5.74, 6) is 0. The summed E-state index contributed by atoms with van der Waals surface area (Å²) in [6.07, 6.45) is 1.64. The molecule has 1 rings (SSSR count). The Bertz CT molecular complexity index is 538. The molecule has 1 amide bonds. The van der Waals surface area contributed by atoms with Crippen LogP contribution in [0.4, 0.5) is 10.5 Å². The highest BCUT2D eigenvalue weighted by Crippen LogP contribution is 2.25. The standard InChI is InChI=1S/C17H26N2O2S/c1-12(19(6)16(20)21-17(3,4)5)14-9-8-10-15(11-14)18-13(2)22-7/h8-12,18H,2H2,1,3-7H3. The number of hydrogen-bond donors (Lipinski definition) is 1. The molecule has 122 valence electrons. The molecule has 1 aromatic carbocycles. The van der Waals surface area contributed by atoms with Crippen molar-refractivity contribution in [2.75, 3.05) is 18.6 Å². The molecule has 0 heterocycles. The minimum absolute atomic E-state index is 0.0841. The number of anilines is 1. The van der Waals surface area contributed by atoms with Crippen molar-refractivity contribution in [3.8, 4) is 0 Å². The molecule has 1 aromatic rings. The molecular formula is C17H26N2O2S. The molecule has 1 unspecified atom stereocenters. The summed E-state index contributed by atoms with van der Waals surface area (Å²) >= 11 is 1.56. The Kier molecular flexibility index (Phi) is 6.35. The van der Waals surface area contributed by atoms with Crippen LogP contribution in [-0.4, -0.2) is 29.9 Å². The first-order chi connectivity index (χ1) is 10.1. The van der Waals surface area contributed by atoms with Gasteiger partial charge in [0.2, 0.25) is 0 Å². The number of carbonyl (C=O) groups excluding carboxylic acids is 1. The molecule has 0 fully saturated rings. The van der Waals surface area contributed by atoms with E-state index in [9.17, 15) is 4.79 Å². The number of benzene rings is 1. The van der Waals surface area contributed by atoms with Gasteiger partial charge in [0.05, 0.1) is 11.1 Å². The van der Waals surface area contributed by atoms with Gasteiger partial charge in [-0.15, -0.1) is 11.8 Å². The topological polar surface area (TPSA) is 41.6 Å². The lowest BCUT2D eigenvalue weighted by molar-refractivity contribution is 0.0234. The van der Waals surface area contributed by atoms with Crippen molar-refractivity contribution >= 4 is 23.5 Å². The second kappa shape index (κ2) is 7.58. The van der Waals surface area contributed by atoms with E-state index < -0.39 is 5.60 Å². The normalized spacial score (nSPS) is 12.5. The molecule has 0 aliphatic carbocycles. The Morgan fingerprint density at radius 3 is 2.59 bits per heavy atom. The van der Waals surface area contributed by atoms with Crippen molar-refractivity contribution in [1.82, 2.24) is 4.90 Å². The minimum atomic E-state index is -0.495. The molecule has 22 heavy (non-hydrogen) atoms. The summed E-state index contributed by atoms with van der Waals surface area (Å²) in [5, 5.41) is 4.11. The third-order valence-electron chi connectivity index (χ3n) is 3.16. The van der Waals surface area contributed by atoms with Gasteiger partial charge in [0.1, 0.15) is 5.60 Å². The number of amides is 1. The SMILES string of the molecule is C=C(Nc1cccc(C(C)N(C)C(=O)OC(C)(C)C)c1)SC. The monoisotopic (exact) mass is 322 g/mol. The van der Waals surface area contributed by atoms with Crippen molar-refractivity contribution in [2.45, 2.75) is 39.3 Å². The predicted octanol–water partition coefficient (Wildman–Crippen LogP) is 4.86. The van der Waals surface area contributed by atoms with Crippen LogP contribution in [0.2, 0.25) is 0 Å². The van der Waals surface area contributed by atoms with E-state index in [0.717, 1.165) is 16.3 Å². The van der Waals surface area contributed by atoms with Gasteiger partial charge < -0.3 is 15.0 Å². The number of thioether (sulfide) groups is 1. The first kappa shape index (κ1) is 18.4. The van der Waals surface area contributed by atoms with Crippen LogP contribution in [0.15, 0.2) is 35.9 Å². The largest absolute Gasteiger partial charge is 0.444 e. The molecule has 0 saturated heterocycles. The molecular weight excluding hydrogens is 296 g/mol. The van der Waals surface area contributed by atoms with Gasteiger partial charge in [0.25, 0.3) is 0 Å². The highest BCUT2D eigenvalue weighted by atomic mass is 32.2. The zero-order valence-electron chi connectivity index (χ0n) is 14.3. The lowest BCUT2D eigenvalue weighted by Crippen LogP contribution is -2.35. The second-order valence-electron chi connectivity index (χ2n) is 6.14. The van der Waals surface area contributed by atoms with Crippen molar-refractivity contribution < 1.29 is 9.53 Å². The summed E-state index contributed by atoms with van der Waals surface area (Å²) in [7, 11) is 1.75. The van der Waals surface area contributed by atoms with Crippen LogP contribution in [-0.2, 0) is 4.74 Å². The summed E-state index contributed by atoms with van der Waals surface area (Å²) in [4.78, 5) is 13.8. The Balaban J connectivity index is 2.84. The van der Waals surface area contributed by atoms with Crippen LogP contribution in [0.25, 0.3) is 0 Å². The zero-order chi connectivity index (χ0) is 16.9. The van der Waals surface area contributed by atoms with Crippen LogP contribution in [0, 0.1) is 0 Å². The van der Waals surface area contributed by atoms with E-state index in [-0.39, 0.29) is 12.1 Å².